The Labute approximate surface area is 192 Å². The molecular formula is C19H24N2O13. The normalized spacial score (nSPS) is 24.9. The summed E-state index contributed by atoms with van der Waals surface area (Å²) < 4.78 is 31.1. The molecule has 15 nitrogen and oxygen atoms in total. The molecule has 2 rings (SSSR count). The molecule has 188 valence electrons. The third-order valence-corrected chi connectivity index (χ3v) is 4.32. The van der Waals surface area contributed by atoms with Crippen molar-refractivity contribution in [2.45, 2.75) is 58.3 Å². The van der Waals surface area contributed by atoms with E-state index < -0.39 is 83.9 Å². The fraction of sp³-hybridized carbons (Fsp3) is 0.526. The fourth-order valence-electron chi connectivity index (χ4n) is 3.12. The Hall–Kier alpha value is -3.53. The molecule has 1 unspecified atom stereocenters. The highest BCUT2D eigenvalue weighted by Crippen LogP contribution is 2.28. The van der Waals surface area contributed by atoms with Crippen molar-refractivity contribution in [3.8, 4) is 0 Å². The van der Waals surface area contributed by atoms with E-state index in [4.69, 9.17) is 33.3 Å². The summed E-state index contributed by atoms with van der Waals surface area (Å²) in [6, 6.07) is 0.673. The average molecular weight is 488 g/mol. The van der Waals surface area contributed by atoms with E-state index in [2.05, 4.69) is 5.32 Å². The first-order chi connectivity index (χ1) is 15.9. The van der Waals surface area contributed by atoms with Crippen LogP contribution in [0, 0.1) is 5.21 Å². The second-order valence-electron chi connectivity index (χ2n) is 7.07. The monoisotopic (exact) mass is 488 g/mol. The summed E-state index contributed by atoms with van der Waals surface area (Å²) in [5.41, 5.74) is 0. The molecule has 1 aliphatic rings. The number of furan rings is 1. The molecule has 0 saturated carbocycles. The van der Waals surface area contributed by atoms with Gasteiger partial charge in [0.25, 0.3) is 5.91 Å². The van der Waals surface area contributed by atoms with E-state index in [9.17, 15) is 29.2 Å². The van der Waals surface area contributed by atoms with Crippen LogP contribution in [0.1, 0.15) is 38.2 Å². The lowest BCUT2D eigenvalue weighted by Crippen LogP contribution is -2.99. The van der Waals surface area contributed by atoms with Gasteiger partial charge >= 0.3 is 29.8 Å². The first-order valence-corrected chi connectivity index (χ1v) is 9.83. The van der Waals surface area contributed by atoms with E-state index in [0.717, 1.165) is 39.8 Å². The van der Waals surface area contributed by atoms with Gasteiger partial charge in [0.15, 0.2) is 18.0 Å². The van der Waals surface area contributed by atoms with Gasteiger partial charge in [0.05, 0.1) is 0 Å². The molecule has 1 fully saturated rings. The van der Waals surface area contributed by atoms with Gasteiger partial charge in [0, 0.05) is 33.8 Å². The van der Waals surface area contributed by atoms with Crippen LogP contribution in [-0.2, 0) is 42.9 Å². The van der Waals surface area contributed by atoms with Crippen molar-refractivity contribution in [1.29, 1.82) is 0 Å². The molecule has 15 heteroatoms. The number of hydrogen-bond donors (Lipinski definition) is 3. The molecule has 0 radical (unpaired) electrons. The van der Waals surface area contributed by atoms with Crippen LogP contribution < -0.4 is 10.5 Å². The number of hydrogen-bond acceptors (Lipinski definition) is 13. The molecule has 0 spiro atoms. The van der Waals surface area contributed by atoms with Gasteiger partial charge < -0.3 is 38.6 Å². The molecule has 0 aliphatic carbocycles. The molecule has 1 aromatic rings. The molecule has 2 heterocycles. The highest BCUT2D eigenvalue weighted by Gasteiger charge is 2.52. The molecular weight excluding hydrogens is 464 g/mol. The van der Waals surface area contributed by atoms with E-state index in [1.54, 1.807) is 0 Å². The van der Waals surface area contributed by atoms with E-state index in [0.29, 0.717) is 0 Å². The van der Waals surface area contributed by atoms with Crippen molar-refractivity contribution in [3.05, 3.63) is 23.1 Å². The maximum atomic E-state index is 12.7. The number of carbonyl (C=O) groups is 5. The summed E-state index contributed by atoms with van der Waals surface area (Å²) in [4.78, 5) is 59.3. The van der Waals surface area contributed by atoms with Crippen molar-refractivity contribution in [2.75, 3.05) is 6.61 Å². The summed E-state index contributed by atoms with van der Waals surface area (Å²) in [6.45, 7) is 3.81. The highest BCUT2D eigenvalue weighted by molar-refractivity contribution is 5.92. The maximum Gasteiger partial charge on any atom is 0.329 e. The Kier molecular flexibility index (Phi) is 9.08. The lowest BCUT2D eigenvalue weighted by atomic mass is 9.96. The lowest BCUT2D eigenvalue weighted by Gasteiger charge is -2.44. The second kappa shape index (κ2) is 11.6. The van der Waals surface area contributed by atoms with Crippen molar-refractivity contribution in [1.82, 2.24) is 5.32 Å². The zero-order chi connectivity index (χ0) is 25.6. The number of quaternary nitrogens is 1. The van der Waals surface area contributed by atoms with Gasteiger partial charge in [-0.3, -0.25) is 24.0 Å². The minimum Gasteiger partial charge on any atom is -0.592 e. The van der Waals surface area contributed by atoms with Crippen molar-refractivity contribution in [2.24, 2.45) is 0 Å². The van der Waals surface area contributed by atoms with E-state index in [-0.39, 0.29) is 0 Å². The smallest absolute Gasteiger partial charge is 0.329 e. The van der Waals surface area contributed by atoms with E-state index in [1.165, 1.54) is 0 Å². The SMILES string of the molecule is CC(=O)OC[C@H]1O[C@@H](OC(C)=O)[C@@H](NC(=O)c2ccc([NH+]([O-])O)o2)[C@@H](OC(C)=O)[C@@H]1OC(C)=O. The third-order valence-electron chi connectivity index (χ3n) is 4.32. The Morgan fingerprint density at radius 3 is 2.06 bits per heavy atom. The molecule has 0 bridgehead atoms. The van der Waals surface area contributed by atoms with Crippen LogP contribution in [0.2, 0.25) is 0 Å². The lowest BCUT2D eigenvalue weighted by molar-refractivity contribution is -0.997. The molecule has 1 aliphatic heterocycles. The van der Waals surface area contributed by atoms with Crippen molar-refractivity contribution < 1.29 is 62.5 Å². The highest BCUT2D eigenvalue weighted by atomic mass is 16.8. The molecule has 3 N–H and O–H groups in total. The van der Waals surface area contributed by atoms with Crippen LogP contribution in [0.4, 0.5) is 5.88 Å². The van der Waals surface area contributed by atoms with Crippen LogP contribution in [0.15, 0.2) is 16.5 Å². The minimum atomic E-state index is -1.59. The Morgan fingerprint density at radius 2 is 1.56 bits per heavy atom. The number of esters is 4. The zero-order valence-corrected chi connectivity index (χ0v) is 18.6. The van der Waals surface area contributed by atoms with E-state index >= 15 is 0 Å². The predicted octanol–water partition coefficient (Wildman–Crippen LogP) is -1.50. The van der Waals surface area contributed by atoms with E-state index in [1.807, 2.05) is 0 Å². The second-order valence-corrected chi connectivity index (χ2v) is 7.07. The Morgan fingerprint density at radius 1 is 0.971 bits per heavy atom. The van der Waals surface area contributed by atoms with Crippen molar-refractivity contribution >= 4 is 35.7 Å². The van der Waals surface area contributed by atoms with Gasteiger partial charge in [0.2, 0.25) is 6.29 Å². The number of rotatable bonds is 8. The maximum absolute atomic E-state index is 12.7. The third kappa shape index (κ3) is 7.24. The van der Waals surface area contributed by atoms with Crippen LogP contribution in [0.3, 0.4) is 0 Å². The Bertz CT molecular complexity index is 927. The molecule has 1 amide bonds. The van der Waals surface area contributed by atoms with Crippen molar-refractivity contribution in [3.63, 3.8) is 0 Å². The minimum absolute atomic E-state index is 0.424. The van der Waals surface area contributed by atoms with Crippen LogP contribution in [0.25, 0.3) is 0 Å². The summed E-state index contributed by atoms with van der Waals surface area (Å²) in [5, 5.41) is 21.0. The van der Waals surface area contributed by atoms with Gasteiger partial charge in [-0.2, -0.15) is 5.23 Å². The molecule has 1 saturated heterocycles. The van der Waals surface area contributed by atoms with Crippen LogP contribution in [-0.4, -0.2) is 72.2 Å². The van der Waals surface area contributed by atoms with Gasteiger partial charge in [-0.25, -0.2) is 5.21 Å². The largest absolute Gasteiger partial charge is 0.592 e. The number of carbonyl (C=O) groups excluding carboxylic acids is 5. The number of ether oxygens (including phenoxy) is 5. The summed E-state index contributed by atoms with van der Waals surface area (Å²) >= 11 is 0. The van der Waals surface area contributed by atoms with Crippen LogP contribution in [0.5, 0.6) is 0 Å². The first kappa shape index (κ1) is 26.7. The zero-order valence-electron chi connectivity index (χ0n) is 18.6. The average Bonchev–Trinajstić information content (AvgIpc) is 3.20. The molecule has 34 heavy (non-hydrogen) atoms. The Balaban J connectivity index is 2.43. The quantitative estimate of drug-likeness (QED) is 0.217. The molecule has 6 atom stereocenters. The topological polar surface area (TPSA) is 204 Å². The summed E-state index contributed by atoms with van der Waals surface area (Å²) in [6.07, 6.45) is -5.72. The number of nitrogens with one attached hydrogen (secondary N) is 2. The standard InChI is InChI=1S/C19H24N2O13/c1-8(22)29-7-13-16(30-9(2)23)17(31-10(3)24)15(19(34-13)32-11(4)25)20-18(26)12-5-6-14(33-12)21(27)28/h5-6,13,15-17,19,21,27H,7H2,1-4H3,(H,20,26)/t13-,15+,16-,17-,19-/m1/s1. The van der Waals surface area contributed by atoms with Gasteiger partial charge in [0.1, 0.15) is 18.8 Å². The van der Waals surface area contributed by atoms with Crippen LogP contribution >= 0.6 is 0 Å². The molecule has 0 aromatic carbocycles. The fourth-order valence-corrected chi connectivity index (χ4v) is 3.12. The summed E-state index contributed by atoms with van der Waals surface area (Å²) in [7, 11) is 0. The first-order valence-electron chi connectivity index (χ1n) is 9.83. The summed E-state index contributed by atoms with van der Waals surface area (Å²) in [5.74, 6) is -5.11. The van der Waals surface area contributed by atoms with Gasteiger partial charge in [-0.05, 0) is 6.07 Å². The number of amides is 1. The van der Waals surface area contributed by atoms with Gasteiger partial charge in [-0.1, -0.05) is 0 Å². The van der Waals surface area contributed by atoms with Gasteiger partial charge in [-0.15, -0.1) is 0 Å². The predicted molar refractivity (Wildman–Crippen MR) is 104 cm³/mol. The molecule has 1 aromatic heterocycles.